The number of nitrogens with one attached hydrogen (secondary N) is 2. The van der Waals surface area contributed by atoms with Crippen LogP contribution in [-0.4, -0.2) is 76.9 Å². The van der Waals surface area contributed by atoms with Crippen LogP contribution >= 0.6 is 27.3 Å². The van der Waals surface area contributed by atoms with Crippen LogP contribution in [0.3, 0.4) is 0 Å². The smallest absolute Gasteiger partial charge is 0.256 e. The minimum Gasteiger partial charge on any atom is -0.389 e. The van der Waals surface area contributed by atoms with Gasteiger partial charge in [-0.3, -0.25) is 4.79 Å². The second-order valence-electron chi connectivity index (χ2n) is 8.45. The van der Waals surface area contributed by atoms with Crippen LogP contribution < -0.4 is 10.6 Å². The van der Waals surface area contributed by atoms with Gasteiger partial charge in [0.25, 0.3) is 5.95 Å². The fourth-order valence-electron chi connectivity index (χ4n) is 5.11. The third kappa shape index (κ3) is 2.88. The monoisotopic (exact) mass is 545 g/mol. The van der Waals surface area contributed by atoms with Crippen molar-refractivity contribution >= 4 is 50.2 Å². The summed E-state index contributed by atoms with van der Waals surface area (Å²) in [5.41, 5.74) is 0.656. The maximum atomic E-state index is 12.5. The van der Waals surface area contributed by atoms with Crippen molar-refractivity contribution in [1.82, 2.24) is 39.8 Å². The summed E-state index contributed by atoms with van der Waals surface area (Å²) < 4.78 is 4.19. The quantitative estimate of drug-likeness (QED) is 0.287. The number of fused-ring (bicyclic) bond motifs is 2. The summed E-state index contributed by atoms with van der Waals surface area (Å²) in [5, 5.41) is 35.7. The third-order valence-electron chi connectivity index (χ3n) is 6.81. The number of carbonyl (C=O) groups is 1. The zero-order chi connectivity index (χ0) is 23.8. The van der Waals surface area contributed by atoms with Crippen LogP contribution in [0.2, 0.25) is 0 Å². The maximum absolute atomic E-state index is 12.5. The number of hydrogen-bond donors (Lipinski definition) is 4. The van der Waals surface area contributed by atoms with E-state index in [2.05, 4.69) is 51.8 Å². The lowest BCUT2D eigenvalue weighted by atomic mass is 9.98. The van der Waals surface area contributed by atoms with Crippen LogP contribution in [0.5, 0.6) is 0 Å². The zero-order valence-electron chi connectivity index (χ0n) is 18.0. The standard InChI is InChI=1S/C20H20BrN9O3S/c1-22-16-12-17(26-19(25-16)30-6-9(27-28-30)10-3-4-11(21)34-10)29(7-24-12)13-8-5-20(8,18(33)23-2)15(32)14(13)31/h3-4,6-8,13-15,31-32H,5H2,1-2H3,(H,23,33)(H,22,25,26)/t8-,13-,14+,15+,20+/m1/s1. The molecule has 2 aliphatic rings. The van der Waals surface area contributed by atoms with E-state index in [0.717, 1.165) is 8.66 Å². The summed E-state index contributed by atoms with van der Waals surface area (Å²) in [4.78, 5) is 27.1. The first-order valence-electron chi connectivity index (χ1n) is 10.6. The van der Waals surface area contributed by atoms with E-state index in [4.69, 9.17) is 0 Å². The van der Waals surface area contributed by atoms with Crippen LogP contribution in [0.25, 0.3) is 27.7 Å². The fraction of sp³-hybridized carbons (Fsp3) is 0.400. The number of carbonyl (C=O) groups excluding carboxylic acids is 1. The van der Waals surface area contributed by atoms with Gasteiger partial charge in [-0.15, -0.1) is 16.4 Å². The van der Waals surface area contributed by atoms with Crippen LogP contribution in [-0.2, 0) is 4.79 Å². The highest BCUT2D eigenvalue weighted by molar-refractivity contribution is 9.11. The number of imidazole rings is 1. The average molecular weight is 546 g/mol. The molecule has 0 aliphatic heterocycles. The molecule has 0 aromatic carbocycles. The van der Waals surface area contributed by atoms with Crippen LogP contribution in [0.15, 0.2) is 28.4 Å². The number of rotatable bonds is 5. The molecule has 0 radical (unpaired) electrons. The van der Waals surface area contributed by atoms with E-state index < -0.39 is 23.7 Å². The summed E-state index contributed by atoms with van der Waals surface area (Å²) in [7, 11) is 3.26. The predicted octanol–water partition coefficient (Wildman–Crippen LogP) is 0.968. The molecule has 5 atom stereocenters. The van der Waals surface area contributed by atoms with E-state index in [0.29, 0.717) is 29.1 Å². The van der Waals surface area contributed by atoms with Crippen molar-refractivity contribution in [1.29, 1.82) is 0 Å². The van der Waals surface area contributed by atoms with Gasteiger partial charge in [-0.2, -0.15) is 14.6 Å². The first kappa shape index (κ1) is 21.6. The molecule has 6 rings (SSSR count). The van der Waals surface area contributed by atoms with Gasteiger partial charge in [0.1, 0.15) is 11.8 Å². The van der Waals surface area contributed by atoms with Crippen molar-refractivity contribution < 1.29 is 15.0 Å². The second kappa shape index (κ2) is 7.53. The number of nitrogens with zero attached hydrogens (tertiary/aromatic N) is 7. The summed E-state index contributed by atoms with van der Waals surface area (Å²) >= 11 is 4.99. The Morgan fingerprint density at radius 1 is 1.29 bits per heavy atom. The molecule has 0 unspecified atom stereocenters. The largest absolute Gasteiger partial charge is 0.389 e. The minimum absolute atomic E-state index is 0.235. The van der Waals surface area contributed by atoms with E-state index in [1.165, 1.54) is 23.1 Å². The van der Waals surface area contributed by atoms with Gasteiger partial charge in [0.05, 0.1) is 38.7 Å². The lowest BCUT2D eigenvalue weighted by molar-refractivity contribution is -0.132. The number of aliphatic hydroxyl groups is 2. The van der Waals surface area contributed by atoms with Gasteiger partial charge >= 0.3 is 0 Å². The van der Waals surface area contributed by atoms with E-state index in [1.54, 1.807) is 24.1 Å². The first-order chi connectivity index (χ1) is 16.4. The molecule has 0 bridgehead atoms. The number of amides is 1. The molecule has 4 N–H and O–H groups in total. The lowest BCUT2D eigenvalue weighted by Crippen LogP contribution is -2.41. The van der Waals surface area contributed by atoms with E-state index >= 15 is 0 Å². The second-order valence-corrected chi connectivity index (χ2v) is 10.9. The Morgan fingerprint density at radius 3 is 2.82 bits per heavy atom. The minimum atomic E-state index is -1.17. The highest BCUT2D eigenvalue weighted by Crippen LogP contribution is 2.67. The lowest BCUT2D eigenvalue weighted by Gasteiger charge is -2.23. The topological polar surface area (TPSA) is 156 Å². The van der Waals surface area contributed by atoms with Gasteiger partial charge in [0, 0.05) is 20.0 Å². The molecule has 0 spiro atoms. The number of aliphatic hydroxyl groups excluding tert-OH is 2. The van der Waals surface area contributed by atoms with Gasteiger partial charge < -0.3 is 25.4 Å². The molecule has 4 aromatic heterocycles. The van der Waals surface area contributed by atoms with Gasteiger partial charge in [-0.05, 0) is 34.5 Å². The zero-order valence-corrected chi connectivity index (χ0v) is 20.4. The van der Waals surface area contributed by atoms with Crippen molar-refractivity contribution in [3.63, 3.8) is 0 Å². The SMILES string of the molecule is CNC(=O)[C@@]12C[C@@H]1[C@@H](n1cnc3c(NC)nc(-n4cc(-c5ccc(Br)s5)nn4)nc31)[C@H](O)[C@@H]2O. The molecule has 34 heavy (non-hydrogen) atoms. The normalized spacial score (nSPS) is 27.7. The Kier molecular flexibility index (Phi) is 4.78. The summed E-state index contributed by atoms with van der Waals surface area (Å²) in [5.74, 6) is 0.254. The number of halogens is 1. The van der Waals surface area contributed by atoms with Crippen molar-refractivity contribution in [2.24, 2.45) is 11.3 Å². The van der Waals surface area contributed by atoms with E-state index in [1.807, 2.05) is 12.1 Å². The van der Waals surface area contributed by atoms with E-state index in [-0.39, 0.29) is 17.8 Å². The molecule has 4 heterocycles. The predicted molar refractivity (Wildman–Crippen MR) is 126 cm³/mol. The summed E-state index contributed by atoms with van der Waals surface area (Å²) in [6, 6.07) is 3.33. The molecule has 2 saturated carbocycles. The molecule has 1 amide bonds. The molecular formula is C20H20BrN9O3S. The van der Waals surface area contributed by atoms with E-state index in [9.17, 15) is 15.0 Å². The fourth-order valence-corrected chi connectivity index (χ4v) is 6.45. The highest BCUT2D eigenvalue weighted by Gasteiger charge is 2.75. The van der Waals surface area contributed by atoms with Gasteiger partial charge in [-0.1, -0.05) is 5.21 Å². The number of aromatic nitrogens is 7. The average Bonchev–Trinajstić information content (AvgIpc) is 3.26. The third-order valence-corrected chi connectivity index (χ3v) is 8.46. The number of anilines is 1. The molecule has 176 valence electrons. The first-order valence-corrected chi connectivity index (χ1v) is 12.2. The van der Waals surface area contributed by atoms with Crippen LogP contribution in [0, 0.1) is 11.3 Å². The molecule has 2 fully saturated rings. The molecule has 4 aromatic rings. The molecule has 14 heteroatoms. The Hall–Kier alpha value is -2.94. The van der Waals surface area contributed by atoms with Gasteiger partial charge in [0.15, 0.2) is 17.0 Å². The Balaban J connectivity index is 1.43. The molecular weight excluding hydrogens is 526 g/mol. The van der Waals surface area contributed by atoms with Crippen LogP contribution in [0.1, 0.15) is 12.5 Å². The maximum Gasteiger partial charge on any atom is 0.256 e. The Morgan fingerprint density at radius 2 is 2.12 bits per heavy atom. The van der Waals surface area contributed by atoms with Crippen molar-refractivity contribution in [2.75, 3.05) is 19.4 Å². The van der Waals surface area contributed by atoms with Crippen molar-refractivity contribution in [3.8, 4) is 16.5 Å². The number of hydrogen-bond acceptors (Lipinski definition) is 10. The van der Waals surface area contributed by atoms with Gasteiger partial charge in [-0.25, -0.2) is 4.98 Å². The van der Waals surface area contributed by atoms with Gasteiger partial charge in [0.2, 0.25) is 5.91 Å². The summed E-state index contributed by atoms with van der Waals surface area (Å²) in [6.07, 6.45) is 1.48. The van der Waals surface area contributed by atoms with Crippen LogP contribution in [0.4, 0.5) is 5.82 Å². The Labute approximate surface area is 205 Å². The molecule has 2 aliphatic carbocycles. The molecule has 12 nitrogen and oxygen atoms in total. The van der Waals surface area contributed by atoms with Crippen molar-refractivity contribution in [2.45, 2.75) is 24.7 Å². The highest BCUT2D eigenvalue weighted by atomic mass is 79.9. The Bertz CT molecular complexity index is 1430. The summed E-state index contributed by atoms with van der Waals surface area (Å²) in [6.45, 7) is 0. The molecule has 0 saturated heterocycles. The number of thiophene rings is 1. The van der Waals surface area contributed by atoms with Crippen molar-refractivity contribution in [3.05, 3.63) is 28.4 Å².